The number of halogens is 1. The minimum atomic E-state index is -3.44. The summed E-state index contributed by atoms with van der Waals surface area (Å²) in [5.41, 5.74) is 0.525. The van der Waals surface area contributed by atoms with Crippen LogP contribution in [0.25, 0.3) is 0 Å². The van der Waals surface area contributed by atoms with Gasteiger partial charge in [-0.25, -0.2) is 8.42 Å². The van der Waals surface area contributed by atoms with E-state index >= 15 is 0 Å². The van der Waals surface area contributed by atoms with Crippen LogP contribution in [0.1, 0.15) is 10.4 Å². The van der Waals surface area contributed by atoms with Gasteiger partial charge in [-0.15, -0.1) is 0 Å². The molecule has 0 atom stereocenters. The van der Waals surface area contributed by atoms with Crippen molar-refractivity contribution in [2.75, 3.05) is 31.2 Å². The van der Waals surface area contributed by atoms with E-state index in [1.165, 1.54) is 18.2 Å². The molecule has 0 bridgehead atoms. The number of ether oxygens (including phenoxy) is 2. The van der Waals surface area contributed by atoms with Gasteiger partial charge < -0.3 is 14.8 Å². The molecule has 0 aliphatic carbocycles. The molecule has 0 radical (unpaired) electrons. The molecule has 0 aliphatic heterocycles. The zero-order chi connectivity index (χ0) is 19.2. The molecule has 2 rings (SSSR count). The minimum absolute atomic E-state index is 0.133. The third-order valence-electron chi connectivity index (χ3n) is 3.24. The lowest BCUT2D eigenvalue weighted by atomic mass is 10.2. The van der Waals surface area contributed by atoms with Gasteiger partial charge >= 0.3 is 0 Å². The highest BCUT2D eigenvalue weighted by Crippen LogP contribution is 2.25. The Kier molecular flexibility index (Phi) is 6.70. The third kappa shape index (κ3) is 5.82. The van der Waals surface area contributed by atoms with Crippen molar-refractivity contribution < 1.29 is 22.7 Å². The Morgan fingerprint density at radius 3 is 2.46 bits per heavy atom. The molecule has 0 fully saturated rings. The zero-order valence-corrected chi connectivity index (χ0v) is 15.9. The summed E-state index contributed by atoms with van der Waals surface area (Å²) in [6, 6.07) is 11.5. The average molecular weight is 399 g/mol. The molecule has 0 heterocycles. The number of amides is 1. The van der Waals surface area contributed by atoms with E-state index in [0.29, 0.717) is 17.1 Å². The van der Waals surface area contributed by atoms with E-state index in [2.05, 4.69) is 10.0 Å². The summed E-state index contributed by atoms with van der Waals surface area (Å²) in [4.78, 5) is 12.1. The summed E-state index contributed by atoms with van der Waals surface area (Å²) in [6.07, 6.45) is 1.02. The fourth-order valence-electron chi connectivity index (χ4n) is 2.10. The highest BCUT2D eigenvalue weighted by Gasteiger charge is 2.11. The van der Waals surface area contributed by atoms with E-state index in [-0.39, 0.29) is 29.8 Å². The van der Waals surface area contributed by atoms with E-state index in [1.807, 2.05) is 12.1 Å². The lowest BCUT2D eigenvalue weighted by Gasteiger charge is -2.11. The molecule has 0 spiro atoms. The van der Waals surface area contributed by atoms with Crippen LogP contribution in [0.15, 0.2) is 42.5 Å². The molecule has 9 heteroatoms. The molecular formula is C17H19ClN2O5S. The van der Waals surface area contributed by atoms with Gasteiger partial charge in [0.2, 0.25) is 10.0 Å². The second kappa shape index (κ2) is 8.77. The van der Waals surface area contributed by atoms with Crippen molar-refractivity contribution in [3.05, 3.63) is 53.1 Å². The summed E-state index contributed by atoms with van der Waals surface area (Å²) in [5, 5.41) is 2.83. The third-order valence-corrected chi connectivity index (χ3v) is 4.14. The smallest absolute Gasteiger partial charge is 0.251 e. The predicted octanol–water partition coefficient (Wildman–Crippen LogP) is 2.53. The quantitative estimate of drug-likeness (QED) is 0.666. The molecule has 0 aliphatic rings. The van der Waals surface area contributed by atoms with E-state index in [9.17, 15) is 13.2 Å². The number of rotatable bonds is 8. The second-order valence-corrected chi connectivity index (χ2v) is 7.48. The number of para-hydroxylation sites is 2. The zero-order valence-electron chi connectivity index (χ0n) is 14.3. The number of hydrogen-bond donors (Lipinski definition) is 2. The fourth-order valence-corrected chi connectivity index (χ4v) is 2.97. The number of carbonyl (C=O) groups is 1. The van der Waals surface area contributed by atoms with Crippen LogP contribution >= 0.6 is 11.6 Å². The van der Waals surface area contributed by atoms with Crippen LogP contribution in [0.2, 0.25) is 5.02 Å². The number of sulfonamides is 1. The van der Waals surface area contributed by atoms with E-state index in [4.69, 9.17) is 21.1 Å². The summed E-state index contributed by atoms with van der Waals surface area (Å²) in [5.74, 6) is 0.851. The number of nitrogens with one attached hydrogen (secondary N) is 2. The largest absolute Gasteiger partial charge is 0.493 e. The molecule has 2 aromatic carbocycles. The maximum absolute atomic E-state index is 12.1. The Bertz CT molecular complexity index is 886. The van der Waals surface area contributed by atoms with Crippen molar-refractivity contribution in [3.8, 4) is 11.5 Å². The molecule has 0 aromatic heterocycles. The van der Waals surface area contributed by atoms with Gasteiger partial charge in [-0.3, -0.25) is 9.52 Å². The monoisotopic (exact) mass is 398 g/mol. The van der Waals surface area contributed by atoms with E-state index in [0.717, 1.165) is 6.26 Å². The van der Waals surface area contributed by atoms with Crippen LogP contribution in [0.3, 0.4) is 0 Å². The SMILES string of the molecule is COc1ccccc1OCCNC(=O)c1ccc(NS(C)(=O)=O)c(Cl)c1. The average Bonchev–Trinajstić information content (AvgIpc) is 2.59. The van der Waals surface area contributed by atoms with Gasteiger partial charge in [0.15, 0.2) is 11.5 Å². The van der Waals surface area contributed by atoms with Crippen LogP contribution in [-0.2, 0) is 10.0 Å². The molecule has 1 amide bonds. The molecular weight excluding hydrogens is 380 g/mol. The summed E-state index contributed by atoms with van der Waals surface area (Å²) in [7, 11) is -1.89. The first-order valence-corrected chi connectivity index (χ1v) is 9.88. The Morgan fingerprint density at radius 1 is 1.15 bits per heavy atom. The normalized spacial score (nSPS) is 10.9. The first-order chi connectivity index (χ1) is 12.3. The number of carbonyl (C=O) groups excluding carboxylic acids is 1. The Labute approximate surface area is 157 Å². The van der Waals surface area contributed by atoms with Crippen molar-refractivity contribution >= 4 is 33.2 Å². The summed E-state index contributed by atoms with van der Waals surface area (Å²) >= 11 is 6.01. The number of methoxy groups -OCH3 is 1. The molecule has 0 unspecified atom stereocenters. The highest BCUT2D eigenvalue weighted by molar-refractivity contribution is 7.92. The second-order valence-electron chi connectivity index (χ2n) is 5.32. The summed E-state index contributed by atoms with van der Waals surface area (Å²) < 4.78 is 35.5. The van der Waals surface area contributed by atoms with E-state index in [1.54, 1.807) is 19.2 Å². The lowest BCUT2D eigenvalue weighted by molar-refractivity contribution is 0.0947. The topological polar surface area (TPSA) is 93.7 Å². The first kappa shape index (κ1) is 19.9. The molecule has 140 valence electrons. The van der Waals surface area contributed by atoms with Gasteiger partial charge in [0.05, 0.1) is 30.6 Å². The van der Waals surface area contributed by atoms with Gasteiger partial charge in [-0.1, -0.05) is 23.7 Å². The Morgan fingerprint density at radius 2 is 1.85 bits per heavy atom. The minimum Gasteiger partial charge on any atom is -0.493 e. The molecule has 0 saturated heterocycles. The van der Waals surface area contributed by atoms with Crippen LogP contribution in [0.4, 0.5) is 5.69 Å². The number of benzene rings is 2. The molecule has 2 aromatic rings. The van der Waals surface area contributed by atoms with Gasteiger partial charge in [0, 0.05) is 5.56 Å². The number of hydrogen-bond acceptors (Lipinski definition) is 5. The van der Waals surface area contributed by atoms with Crippen molar-refractivity contribution in [2.24, 2.45) is 0 Å². The van der Waals surface area contributed by atoms with Crippen molar-refractivity contribution in [1.29, 1.82) is 0 Å². The molecule has 2 N–H and O–H groups in total. The Balaban J connectivity index is 1.89. The standard InChI is InChI=1S/C17H19ClN2O5S/c1-24-15-5-3-4-6-16(15)25-10-9-19-17(21)12-7-8-14(13(18)11-12)20-26(2,22)23/h3-8,11,20H,9-10H2,1-2H3,(H,19,21). The molecule has 7 nitrogen and oxygen atoms in total. The van der Waals surface area contributed by atoms with Crippen molar-refractivity contribution in [1.82, 2.24) is 5.32 Å². The maximum atomic E-state index is 12.1. The maximum Gasteiger partial charge on any atom is 0.251 e. The van der Waals surface area contributed by atoms with E-state index < -0.39 is 10.0 Å². The van der Waals surface area contributed by atoms with Crippen molar-refractivity contribution in [2.45, 2.75) is 0 Å². The molecule has 0 saturated carbocycles. The highest BCUT2D eigenvalue weighted by atomic mass is 35.5. The Hall–Kier alpha value is -2.45. The summed E-state index contributed by atoms with van der Waals surface area (Å²) in [6.45, 7) is 0.533. The molecule has 26 heavy (non-hydrogen) atoms. The van der Waals surface area contributed by atoms with Gasteiger partial charge in [-0.05, 0) is 30.3 Å². The van der Waals surface area contributed by atoms with Crippen LogP contribution in [0.5, 0.6) is 11.5 Å². The van der Waals surface area contributed by atoms with Crippen LogP contribution < -0.4 is 19.5 Å². The fraction of sp³-hybridized carbons (Fsp3) is 0.235. The van der Waals surface area contributed by atoms with Crippen LogP contribution in [0, 0.1) is 0 Å². The lowest BCUT2D eigenvalue weighted by Crippen LogP contribution is -2.28. The first-order valence-electron chi connectivity index (χ1n) is 7.61. The van der Waals surface area contributed by atoms with Gasteiger partial charge in [0.25, 0.3) is 5.91 Å². The van der Waals surface area contributed by atoms with Crippen molar-refractivity contribution in [3.63, 3.8) is 0 Å². The van der Waals surface area contributed by atoms with Crippen LogP contribution in [-0.4, -0.2) is 40.8 Å². The van der Waals surface area contributed by atoms with Gasteiger partial charge in [-0.2, -0.15) is 0 Å². The van der Waals surface area contributed by atoms with Gasteiger partial charge in [0.1, 0.15) is 6.61 Å². The number of anilines is 1. The predicted molar refractivity (Wildman–Crippen MR) is 101 cm³/mol.